The Balaban J connectivity index is 1.69. The molecular weight excluding hydrogens is 358 g/mol. The summed E-state index contributed by atoms with van der Waals surface area (Å²) in [5.41, 5.74) is 1.42. The number of halogens is 2. The average Bonchev–Trinajstić information content (AvgIpc) is 2.72. The maximum atomic E-state index is 13.4. The van der Waals surface area contributed by atoms with Crippen molar-refractivity contribution in [3.63, 3.8) is 0 Å². The molecule has 3 aromatic rings. The van der Waals surface area contributed by atoms with Crippen molar-refractivity contribution in [1.29, 1.82) is 0 Å². The van der Waals surface area contributed by atoms with Crippen molar-refractivity contribution in [2.45, 2.75) is 52.7 Å². The summed E-state index contributed by atoms with van der Waals surface area (Å²) in [7, 11) is -0.378. The van der Waals surface area contributed by atoms with Gasteiger partial charge in [0.1, 0.15) is 11.6 Å². The standard InChI is InChI=1S/C24H23F2S/c25-20-8-14-23(15-9-20)27(24-16-10-21(26)11-17-24)22-12-6-19(7-13-22)18-4-2-1-3-5-18/h6-18H,1-5H2/q+1. The van der Waals surface area contributed by atoms with Crippen LogP contribution >= 0.6 is 0 Å². The molecule has 27 heavy (non-hydrogen) atoms. The maximum Gasteiger partial charge on any atom is 0.166 e. The van der Waals surface area contributed by atoms with Crippen molar-refractivity contribution in [2.24, 2.45) is 0 Å². The van der Waals surface area contributed by atoms with Gasteiger partial charge in [-0.15, -0.1) is 0 Å². The van der Waals surface area contributed by atoms with Crippen LogP contribution < -0.4 is 0 Å². The van der Waals surface area contributed by atoms with Gasteiger partial charge in [0.15, 0.2) is 14.7 Å². The Morgan fingerprint density at radius 1 is 0.556 bits per heavy atom. The first-order valence-electron chi connectivity index (χ1n) is 9.56. The normalized spacial score (nSPS) is 15.2. The highest BCUT2D eigenvalue weighted by atomic mass is 32.2. The molecule has 0 amide bonds. The van der Waals surface area contributed by atoms with Crippen molar-refractivity contribution in [2.75, 3.05) is 0 Å². The highest BCUT2D eigenvalue weighted by molar-refractivity contribution is 7.97. The highest BCUT2D eigenvalue weighted by Gasteiger charge is 2.29. The molecule has 0 nitrogen and oxygen atoms in total. The topological polar surface area (TPSA) is 0 Å². The third-order valence-corrected chi connectivity index (χ3v) is 7.52. The molecule has 0 atom stereocenters. The molecule has 4 rings (SSSR count). The summed E-state index contributed by atoms with van der Waals surface area (Å²) in [6.45, 7) is 0. The number of benzene rings is 3. The summed E-state index contributed by atoms with van der Waals surface area (Å²) >= 11 is 0. The molecule has 0 bridgehead atoms. The van der Waals surface area contributed by atoms with Crippen LogP contribution in [-0.2, 0) is 10.9 Å². The Morgan fingerprint density at radius 3 is 1.41 bits per heavy atom. The first-order valence-corrected chi connectivity index (χ1v) is 10.8. The fourth-order valence-electron chi connectivity index (χ4n) is 3.86. The first kappa shape index (κ1) is 18.2. The second-order valence-corrected chi connectivity index (χ2v) is 9.14. The van der Waals surface area contributed by atoms with E-state index in [9.17, 15) is 8.78 Å². The molecule has 0 saturated heterocycles. The lowest BCUT2D eigenvalue weighted by Gasteiger charge is -2.22. The first-order chi connectivity index (χ1) is 13.2. The summed E-state index contributed by atoms with van der Waals surface area (Å²) in [5, 5.41) is 0. The van der Waals surface area contributed by atoms with Crippen LogP contribution in [0.4, 0.5) is 8.78 Å². The van der Waals surface area contributed by atoms with Crippen LogP contribution in [0.25, 0.3) is 0 Å². The van der Waals surface area contributed by atoms with Crippen molar-refractivity contribution in [3.8, 4) is 0 Å². The fourth-order valence-corrected chi connectivity index (χ4v) is 5.90. The van der Waals surface area contributed by atoms with E-state index in [4.69, 9.17) is 0 Å². The van der Waals surface area contributed by atoms with E-state index in [-0.39, 0.29) is 22.5 Å². The number of hydrogen-bond donors (Lipinski definition) is 0. The molecule has 0 aliphatic heterocycles. The smallest absolute Gasteiger partial charge is 0.166 e. The summed E-state index contributed by atoms with van der Waals surface area (Å²) in [4.78, 5) is 3.25. The van der Waals surface area contributed by atoms with Gasteiger partial charge in [0.05, 0.1) is 10.9 Å². The van der Waals surface area contributed by atoms with Crippen LogP contribution in [0.5, 0.6) is 0 Å². The molecule has 3 aromatic carbocycles. The third-order valence-electron chi connectivity index (χ3n) is 5.29. The minimum absolute atomic E-state index is 0.242. The maximum absolute atomic E-state index is 13.4. The molecule has 0 heterocycles. The number of rotatable bonds is 4. The zero-order valence-electron chi connectivity index (χ0n) is 15.2. The second kappa shape index (κ2) is 8.26. The van der Waals surface area contributed by atoms with Gasteiger partial charge >= 0.3 is 0 Å². The summed E-state index contributed by atoms with van der Waals surface area (Å²) in [6, 6.07) is 22.2. The van der Waals surface area contributed by atoms with E-state index in [1.165, 1.54) is 66.8 Å². The molecule has 0 N–H and O–H groups in total. The van der Waals surface area contributed by atoms with Crippen LogP contribution in [-0.4, -0.2) is 0 Å². The van der Waals surface area contributed by atoms with E-state index in [0.717, 1.165) is 9.79 Å². The second-order valence-electron chi connectivity index (χ2n) is 7.12. The van der Waals surface area contributed by atoms with Crippen LogP contribution in [0.1, 0.15) is 43.6 Å². The highest BCUT2D eigenvalue weighted by Crippen LogP contribution is 2.35. The molecule has 0 unspecified atom stereocenters. The molecule has 1 aliphatic rings. The minimum Gasteiger partial charge on any atom is -0.207 e. The van der Waals surface area contributed by atoms with Gasteiger partial charge in [0, 0.05) is 0 Å². The van der Waals surface area contributed by atoms with E-state index in [0.29, 0.717) is 5.92 Å². The molecule has 0 spiro atoms. The lowest BCUT2D eigenvalue weighted by atomic mass is 9.84. The van der Waals surface area contributed by atoms with Gasteiger partial charge in [-0.25, -0.2) is 8.78 Å². The van der Waals surface area contributed by atoms with Crippen molar-refractivity contribution >= 4 is 10.9 Å². The molecule has 1 fully saturated rings. The van der Waals surface area contributed by atoms with Gasteiger partial charge in [-0.2, -0.15) is 0 Å². The molecule has 1 aliphatic carbocycles. The van der Waals surface area contributed by atoms with Crippen molar-refractivity contribution in [3.05, 3.63) is 90.0 Å². The Labute approximate surface area is 162 Å². The average molecular weight is 382 g/mol. The molecule has 3 heteroatoms. The molecule has 0 radical (unpaired) electrons. The van der Waals surface area contributed by atoms with Crippen LogP contribution in [0.2, 0.25) is 0 Å². The zero-order valence-corrected chi connectivity index (χ0v) is 16.0. The summed E-state index contributed by atoms with van der Waals surface area (Å²) < 4.78 is 26.8. The Hall–Kier alpha value is -2.13. The van der Waals surface area contributed by atoms with Crippen LogP contribution in [0.15, 0.2) is 87.5 Å². The quantitative estimate of drug-likeness (QED) is 0.423. The van der Waals surface area contributed by atoms with E-state index in [1.54, 1.807) is 0 Å². The van der Waals surface area contributed by atoms with Gasteiger partial charge in [-0.3, -0.25) is 0 Å². The van der Waals surface area contributed by atoms with E-state index >= 15 is 0 Å². The summed E-state index contributed by atoms with van der Waals surface area (Å²) in [6.07, 6.45) is 6.55. The lowest BCUT2D eigenvalue weighted by molar-refractivity contribution is 0.443. The molecule has 0 aromatic heterocycles. The van der Waals surface area contributed by atoms with Gasteiger partial charge in [0.2, 0.25) is 0 Å². The monoisotopic (exact) mass is 381 g/mol. The van der Waals surface area contributed by atoms with Gasteiger partial charge in [-0.05, 0) is 85.0 Å². The van der Waals surface area contributed by atoms with E-state index < -0.39 is 0 Å². The summed E-state index contributed by atoms with van der Waals surface area (Å²) in [5.74, 6) is 0.189. The van der Waals surface area contributed by atoms with Crippen LogP contribution in [0.3, 0.4) is 0 Å². The molecule has 138 valence electrons. The van der Waals surface area contributed by atoms with Gasteiger partial charge in [0.25, 0.3) is 0 Å². The minimum atomic E-state index is -0.378. The Kier molecular flexibility index (Phi) is 5.58. The van der Waals surface area contributed by atoms with Crippen LogP contribution in [0, 0.1) is 11.6 Å². The van der Waals surface area contributed by atoms with Gasteiger partial charge in [-0.1, -0.05) is 31.4 Å². The predicted octanol–water partition coefficient (Wildman–Crippen LogP) is 7.11. The molecule has 1 saturated carbocycles. The fraction of sp³-hybridized carbons (Fsp3) is 0.250. The number of hydrogen-bond acceptors (Lipinski definition) is 0. The largest absolute Gasteiger partial charge is 0.207 e. The van der Waals surface area contributed by atoms with Gasteiger partial charge < -0.3 is 0 Å². The van der Waals surface area contributed by atoms with Crippen molar-refractivity contribution < 1.29 is 8.78 Å². The van der Waals surface area contributed by atoms with E-state index in [1.807, 2.05) is 24.3 Å². The third kappa shape index (κ3) is 4.24. The van der Waals surface area contributed by atoms with Crippen molar-refractivity contribution in [1.82, 2.24) is 0 Å². The SMILES string of the molecule is Fc1ccc([S+](c2ccc(F)cc2)c2ccc(C3CCCCC3)cc2)cc1. The lowest BCUT2D eigenvalue weighted by Crippen LogP contribution is -2.07. The molecular formula is C24H23F2S+. The predicted molar refractivity (Wildman–Crippen MR) is 107 cm³/mol. The Morgan fingerprint density at radius 2 is 0.963 bits per heavy atom. The Bertz CT molecular complexity index is 818. The zero-order chi connectivity index (χ0) is 18.6. The van der Waals surface area contributed by atoms with E-state index in [2.05, 4.69) is 24.3 Å².